The molecule has 0 aliphatic rings. The molecule has 0 fully saturated rings. The van der Waals surface area contributed by atoms with Gasteiger partial charge >= 0.3 is 5.97 Å². The highest BCUT2D eigenvalue weighted by molar-refractivity contribution is 5.98. The number of rotatable bonds is 7. The monoisotopic (exact) mass is 339 g/mol. The Labute approximate surface area is 145 Å². The average molecular weight is 339 g/mol. The smallest absolute Gasteiger partial charge is 0.314 e. The van der Waals surface area contributed by atoms with Gasteiger partial charge in [-0.2, -0.15) is 5.26 Å². The molecule has 0 radical (unpaired) electrons. The number of halogens is 1. The number of carboxylic acid groups (broad SMARTS) is 1. The Morgan fingerprint density at radius 1 is 1.24 bits per heavy atom. The van der Waals surface area contributed by atoms with E-state index in [2.05, 4.69) is 6.07 Å². The number of aliphatic carboxylic acids is 1. The second kappa shape index (κ2) is 8.20. The van der Waals surface area contributed by atoms with Crippen LogP contribution < -0.4 is 0 Å². The Bertz CT molecular complexity index is 839. The zero-order valence-corrected chi connectivity index (χ0v) is 13.8. The van der Waals surface area contributed by atoms with E-state index in [-0.39, 0.29) is 18.4 Å². The number of hydrogen-bond acceptors (Lipinski definition) is 3. The van der Waals surface area contributed by atoms with E-state index in [9.17, 15) is 19.1 Å². The van der Waals surface area contributed by atoms with Crippen molar-refractivity contribution >= 4 is 11.8 Å². The van der Waals surface area contributed by atoms with Gasteiger partial charge in [0.2, 0.25) is 0 Å². The van der Waals surface area contributed by atoms with Crippen LogP contribution in [0.4, 0.5) is 4.39 Å². The lowest BCUT2D eigenvalue weighted by molar-refractivity contribution is -0.146. The molecule has 0 aromatic heterocycles. The molecule has 4 nitrogen and oxygen atoms in total. The molecule has 5 heteroatoms. The van der Waals surface area contributed by atoms with Gasteiger partial charge in [-0.05, 0) is 41.7 Å². The van der Waals surface area contributed by atoms with Gasteiger partial charge in [-0.15, -0.1) is 0 Å². The molecule has 0 saturated heterocycles. The summed E-state index contributed by atoms with van der Waals surface area (Å²) in [6.07, 6.45) is 0.529. The zero-order chi connectivity index (χ0) is 18.4. The van der Waals surface area contributed by atoms with Crippen molar-refractivity contribution in [1.29, 1.82) is 5.26 Å². The van der Waals surface area contributed by atoms with Crippen LogP contribution in [-0.2, 0) is 16.0 Å². The second-order valence-electron chi connectivity index (χ2n) is 5.77. The van der Waals surface area contributed by atoms with Gasteiger partial charge in [0.1, 0.15) is 17.5 Å². The first-order valence-corrected chi connectivity index (χ1v) is 8.01. The number of carbonyl (C=O) groups is 2. The summed E-state index contributed by atoms with van der Waals surface area (Å²) in [7, 11) is 0. The molecule has 0 aliphatic carbocycles. The van der Waals surface area contributed by atoms with Crippen molar-refractivity contribution in [3.05, 3.63) is 59.4 Å². The van der Waals surface area contributed by atoms with Gasteiger partial charge in [0.05, 0.1) is 11.6 Å². The van der Waals surface area contributed by atoms with Gasteiger partial charge in [0.25, 0.3) is 0 Å². The van der Waals surface area contributed by atoms with Crippen molar-refractivity contribution in [1.82, 2.24) is 0 Å². The third kappa shape index (κ3) is 4.30. The second-order valence-corrected chi connectivity index (χ2v) is 5.77. The van der Waals surface area contributed by atoms with Crippen LogP contribution in [0.2, 0.25) is 0 Å². The molecule has 0 bridgehead atoms. The minimum Gasteiger partial charge on any atom is -0.481 e. The van der Waals surface area contributed by atoms with E-state index >= 15 is 0 Å². The zero-order valence-electron chi connectivity index (χ0n) is 13.8. The molecule has 25 heavy (non-hydrogen) atoms. The van der Waals surface area contributed by atoms with Gasteiger partial charge in [-0.1, -0.05) is 37.3 Å². The van der Waals surface area contributed by atoms with Crippen molar-refractivity contribution in [2.45, 2.75) is 26.2 Å². The van der Waals surface area contributed by atoms with E-state index in [1.165, 1.54) is 12.1 Å². The number of nitriles is 1. The molecule has 0 heterocycles. The molecular weight excluding hydrogens is 321 g/mol. The minimum absolute atomic E-state index is 0.159. The predicted molar refractivity (Wildman–Crippen MR) is 91.3 cm³/mol. The van der Waals surface area contributed by atoms with Gasteiger partial charge in [0.15, 0.2) is 0 Å². The number of Topliss-reactive ketones (excluding diaryl/α,β-unsaturated/α-hetero) is 1. The molecular formula is C20H18FNO3. The number of hydrogen-bond donors (Lipinski definition) is 1. The Kier molecular flexibility index (Phi) is 6.02. The molecule has 2 aromatic carbocycles. The summed E-state index contributed by atoms with van der Waals surface area (Å²) in [6.45, 7) is 1.79. The normalized spacial score (nSPS) is 11.6. The van der Waals surface area contributed by atoms with Crippen LogP contribution in [0.25, 0.3) is 11.1 Å². The van der Waals surface area contributed by atoms with Crippen molar-refractivity contribution in [3.63, 3.8) is 0 Å². The molecule has 1 N–H and O–H groups in total. The topological polar surface area (TPSA) is 78.2 Å². The fourth-order valence-corrected chi connectivity index (χ4v) is 2.69. The summed E-state index contributed by atoms with van der Waals surface area (Å²) in [4.78, 5) is 23.3. The van der Waals surface area contributed by atoms with Crippen molar-refractivity contribution in [2.75, 3.05) is 0 Å². The first-order valence-electron chi connectivity index (χ1n) is 8.01. The molecule has 0 amide bonds. The Morgan fingerprint density at radius 2 is 1.96 bits per heavy atom. The van der Waals surface area contributed by atoms with Crippen molar-refractivity contribution < 1.29 is 19.1 Å². The number of ketones is 1. The molecule has 2 aromatic rings. The Morgan fingerprint density at radius 3 is 2.56 bits per heavy atom. The summed E-state index contributed by atoms with van der Waals surface area (Å²) in [6, 6.07) is 13.3. The minimum atomic E-state index is -1.24. The molecule has 0 saturated carbocycles. The Hall–Kier alpha value is -3.00. The van der Waals surface area contributed by atoms with Gasteiger partial charge in [-0.3, -0.25) is 9.59 Å². The maximum absolute atomic E-state index is 14.5. The van der Waals surface area contributed by atoms with Crippen LogP contribution in [0.15, 0.2) is 42.5 Å². The average Bonchev–Trinajstić information content (AvgIpc) is 2.60. The van der Waals surface area contributed by atoms with Crippen LogP contribution >= 0.6 is 0 Å². The lowest BCUT2D eigenvalue weighted by atomic mass is 9.91. The lowest BCUT2D eigenvalue weighted by Crippen LogP contribution is -2.26. The molecule has 2 rings (SSSR count). The molecule has 0 spiro atoms. The number of nitrogens with zero attached hydrogens (tertiary/aromatic N) is 1. The van der Waals surface area contributed by atoms with Crippen molar-refractivity contribution in [2.24, 2.45) is 5.92 Å². The van der Waals surface area contributed by atoms with E-state index in [0.717, 1.165) is 0 Å². The largest absolute Gasteiger partial charge is 0.481 e. The van der Waals surface area contributed by atoms with Gasteiger partial charge in [0, 0.05) is 6.42 Å². The molecule has 1 unspecified atom stereocenters. The van der Waals surface area contributed by atoms with Crippen molar-refractivity contribution in [3.8, 4) is 17.2 Å². The fraction of sp³-hybridized carbons (Fsp3) is 0.250. The molecule has 1 atom stereocenters. The first-order chi connectivity index (χ1) is 12.0. The summed E-state index contributed by atoms with van der Waals surface area (Å²) in [5.74, 6) is -3.46. The quantitative estimate of drug-likeness (QED) is 0.774. The number of carbonyl (C=O) groups excluding carboxylic acids is 1. The van der Waals surface area contributed by atoms with Crippen LogP contribution in [0.3, 0.4) is 0 Å². The summed E-state index contributed by atoms with van der Waals surface area (Å²) in [5.41, 5.74) is 1.74. The van der Waals surface area contributed by atoms with E-state index < -0.39 is 23.5 Å². The summed E-state index contributed by atoms with van der Waals surface area (Å²) >= 11 is 0. The highest BCUT2D eigenvalue weighted by Crippen LogP contribution is 2.26. The van der Waals surface area contributed by atoms with Crippen LogP contribution in [0.5, 0.6) is 0 Å². The van der Waals surface area contributed by atoms with Gasteiger partial charge in [-0.25, -0.2) is 4.39 Å². The third-order valence-electron chi connectivity index (χ3n) is 4.02. The predicted octanol–water partition coefficient (Wildman–Crippen LogP) is 3.98. The van der Waals surface area contributed by atoms with E-state index in [1.807, 2.05) is 0 Å². The van der Waals surface area contributed by atoms with E-state index in [0.29, 0.717) is 23.1 Å². The Balaban J connectivity index is 2.32. The number of carboxylic acids is 1. The van der Waals surface area contributed by atoms with Crippen LogP contribution in [0.1, 0.15) is 30.9 Å². The third-order valence-corrected chi connectivity index (χ3v) is 4.02. The standard InChI is InChI=1S/C20H18FNO3/c1-2-5-19(23)17(20(24)25)10-14-9-8-13(11-18(14)21)16-7-4-3-6-15(16)12-22/h3-4,6-9,11,17H,2,5,10H2,1H3,(H,24,25). The summed E-state index contributed by atoms with van der Waals surface area (Å²) < 4.78 is 14.5. The maximum Gasteiger partial charge on any atom is 0.314 e. The maximum atomic E-state index is 14.5. The van der Waals surface area contributed by atoms with E-state index in [1.54, 1.807) is 37.3 Å². The van der Waals surface area contributed by atoms with Gasteiger partial charge < -0.3 is 5.11 Å². The highest BCUT2D eigenvalue weighted by Gasteiger charge is 2.26. The van der Waals surface area contributed by atoms with E-state index in [4.69, 9.17) is 5.26 Å². The fourth-order valence-electron chi connectivity index (χ4n) is 2.69. The number of benzene rings is 2. The van der Waals surface area contributed by atoms with Crippen LogP contribution in [-0.4, -0.2) is 16.9 Å². The lowest BCUT2D eigenvalue weighted by Gasteiger charge is -2.13. The summed E-state index contributed by atoms with van der Waals surface area (Å²) in [5, 5.41) is 18.4. The highest BCUT2D eigenvalue weighted by atomic mass is 19.1. The molecule has 0 aliphatic heterocycles. The first kappa shape index (κ1) is 18.3. The SMILES string of the molecule is CCCC(=O)C(Cc1ccc(-c2ccccc2C#N)cc1F)C(=O)O. The van der Waals surface area contributed by atoms with Crippen LogP contribution in [0, 0.1) is 23.1 Å². The molecule has 128 valence electrons.